The molecule has 1 fully saturated rings. The second-order valence-corrected chi connectivity index (χ2v) is 9.31. The van der Waals surface area contributed by atoms with Gasteiger partial charge in [-0.05, 0) is 25.5 Å². The third-order valence-corrected chi connectivity index (χ3v) is 6.87. The molecule has 3 atom stereocenters. The minimum Gasteiger partial charge on any atom is -0.627 e. The number of carbonyl (C=O) groups excluding carboxylic acids is 1. The zero-order valence-corrected chi connectivity index (χ0v) is 19.2. The fraction of sp³-hybridized carbons (Fsp3) is 0.583. The molecule has 0 spiro atoms. The Morgan fingerprint density at radius 3 is 3.03 bits per heavy atom. The Kier molecular flexibility index (Phi) is 7.13. The molecule has 8 heteroatoms. The van der Waals surface area contributed by atoms with Crippen molar-refractivity contribution < 1.29 is 4.79 Å². The van der Waals surface area contributed by atoms with Gasteiger partial charge in [0.25, 0.3) is 0 Å². The van der Waals surface area contributed by atoms with E-state index in [1.165, 1.54) is 25.7 Å². The number of benzene rings is 1. The minimum atomic E-state index is -0.349. The molecule has 1 aromatic heterocycles. The first-order valence-corrected chi connectivity index (χ1v) is 12.1. The van der Waals surface area contributed by atoms with E-state index in [-0.39, 0.29) is 16.7 Å². The van der Waals surface area contributed by atoms with E-state index >= 15 is 0 Å². The predicted octanol–water partition coefficient (Wildman–Crippen LogP) is 5.03. The molecule has 2 aromatic rings. The molecule has 4 N–H and O–H groups in total. The third kappa shape index (κ3) is 4.98. The number of hydrogen-bond donors (Lipinski definition) is 4. The lowest BCUT2D eigenvalue weighted by molar-refractivity contribution is 0.262. The summed E-state index contributed by atoms with van der Waals surface area (Å²) in [5.41, 5.74) is 3.43. The normalized spacial score (nSPS) is 22.4. The van der Waals surface area contributed by atoms with Gasteiger partial charge in [0.15, 0.2) is 5.82 Å². The zero-order chi connectivity index (χ0) is 22.6. The number of urea groups is 1. The van der Waals surface area contributed by atoms with Crippen molar-refractivity contribution in [2.24, 2.45) is 0 Å². The average molecular weight is 441 g/mol. The number of hydrogen-bond acceptors (Lipinski definition) is 4. The maximum atomic E-state index is 13.2. The van der Waals surface area contributed by atoms with E-state index < -0.39 is 0 Å². The van der Waals surface area contributed by atoms with Gasteiger partial charge in [0.05, 0.1) is 24.0 Å². The molecule has 0 saturated carbocycles. The SMILES string of the molecule is CCCCCCC(C)NCc1cc(NC(=O)Nc2cccc3c2CC2CCC[N+]32[O-])n[nH]1. The molecule has 0 aliphatic carbocycles. The summed E-state index contributed by atoms with van der Waals surface area (Å²) >= 11 is 0. The van der Waals surface area contributed by atoms with E-state index in [1.54, 1.807) is 0 Å². The van der Waals surface area contributed by atoms with Crippen molar-refractivity contribution in [1.82, 2.24) is 20.2 Å². The number of anilines is 2. The van der Waals surface area contributed by atoms with Crippen LogP contribution in [0.3, 0.4) is 0 Å². The van der Waals surface area contributed by atoms with E-state index in [2.05, 4.69) is 40.0 Å². The van der Waals surface area contributed by atoms with Crippen LogP contribution in [0.25, 0.3) is 0 Å². The highest BCUT2D eigenvalue weighted by molar-refractivity contribution is 6.00. The van der Waals surface area contributed by atoms with Crippen LogP contribution in [0.2, 0.25) is 0 Å². The van der Waals surface area contributed by atoms with Gasteiger partial charge >= 0.3 is 6.03 Å². The lowest BCUT2D eigenvalue weighted by atomic mass is 10.1. The second-order valence-electron chi connectivity index (χ2n) is 9.31. The largest absolute Gasteiger partial charge is 0.627 e. The molecule has 3 unspecified atom stereocenters. The molecular weight excluding hydrogens is 404 g/mol. The van der Waals surface area contributed by atoms with Crippen LogP contribution in [0.5, 0.6) is 0 Å². The molecule has 32 heavy (non-hydrogen) atoms. The molecule has 1 saturated heterocycles. The van der Waals surface area contributed by atoms with Gasteiger partial charge in [0.1, 0.15) is 5.69 Å². The quantitative estimate of drug-likeness (QED) is 0.236. The van der Waals surface area contributed by atoms with E-state index in [0.29, 0.717) is 24.9 Å². The van der Waals surface area contributed by atoms with E-state index in [9.17, 15) is 10.0 Å². The molecule has 0 bridgehead atoms. The Labute approximate surface area is 190 Å². The number of carbonyl (C=O) groups is 1. The number of nitrogens with zero attached hydrogens (tertiary/aromatic N) is 2. The number of unbranched alkanes of at least 4 members (excludes halogenated alkanes) is 3. The Balaban J connectivity index is 1.28. The molecule has 2 amide bonds. The number of H-pyrrole nitrogens is 1. The summed E-state index contributed by atoms with van der Waals surface area (Å²) in [5.74, 6) is 0.482. The highest BCUT2D eigenvalue weighted by atomic mass is 16.6. The Bertz CT molecular complexity index is 929. The maximum absolute atomic E-state index is 13.2. The fourth-order valence-corrected chi connectivity index (χ4v) is 5.07. The topological polar surface area (TPSA) is 105 Å². The molecular formula is C24H36N6O2. The fourth-order valence-electron chi connectivity index (χ4n) is 5.07. The zero-order valence-electron chi connectivity index (χ0n) is 19.2. The van der Waals surface area contributed by atoms with Crippen LogP contribution in [0.15, 0.2) is 24.3 Å². The van der Waals surface area contributed by atoms with Gasteiger partial charge in [-0.25, -0.2) is 4.79 Å². The van der Waals surface area contributed by atoms with Crippen LogP contribution < -0.4 is 20.6 Å². The van der Waals surface area contributed by atoms with Gasteiger partial charge in [0, 0.05) is 43.5 Å². The lowest BCUT2D eigenvalue weighted by Gasteiger charge is -2.39. The number of aromatic amines is 1. The highest BCUT2D eigenvalue weighted by Crippen LogP contribution is 2.46. The number of aromatic nitrogens is 2. The van der Waals surface area contributed by atoms with Crippen molar-refractivity contribution in [3.63, 3.8) is 0 Å². The molecule has 3 heterocycles. The van der Waals surface area contributed by atoms with Gasteiger partial charge in [0.2, 0.25) is 0 Å². The first-order chi connectivity index (χ1) is 15.5. The van der Waals surface area contributed by atoms with Crippen LogP contribution in [0.1, 0.15) is 70.1 Å². The molecule has 1 aromatic carbocycles. The van der Waals surface area contributed by atoms with Gasteiger partial charge in [-0.3, -0.25) is 10.4 Å². The molecule has 4 rings (SSSR count). The van der Waals surface area contributed by atoms with Crippen LogP contribution in [0, 0.1) is 5.21 Å². The van der Waals surface area contributed by atoms with Crippen molar-refractivity contribution in [2.45, 2.75) is 83.8 Å². The van der Waals surface area contributed by atoms with Gasteiger partial charge in [-0.2, -0.15) is 5.10 Å². The highest BCUT2D eigenvalue weighted by Gasteiger charge is 2.45. The van der Waals surface area contributed by atoms with E-state index in [1.807, 2.05) is 24.3 Å². The number of amides is 2. The van der Waals surface area contributed by atoms with Gasteiger partial charge in [-0.1, -0.05) is 38.7 Å². The van der Waals surface area contributed by atoms with Crippen LogP contribution in [0.4, 0.5) is 22.0 Å². The summed E-state index contributed by atoms with van der Waals surface area (Å²) in [6.45, 7) is 5.74. The summed E-state index contributed by atoms with van der Waals surface area (Å²) in [6, 6.07) is 7.67. The molecule has 0 radical (unpaired) electrons. The molecule has 2 aliphatic rings. The smallest absolute Gasteiger partial charge is 0.324 e. The van der Waals surface area contributed by atoms with Crippen molar-refractivity contribution in [3.05, 3.63) is 40.7 Å². The summed E-state index contributed by atoms with van der Waals surface area (Å²) in [6.07, 6.45) is 8.89. The first-order valence-electron chi connectivity index (χ1n) is 12.1. The number of rotatable bonds is 10. The van der Waals surface area contributed by atoms with Crippen molar-refractivity contribution in [2.75, 3.05) is 17.2 Å². The number of hydroxylamine groups is 2. The van der Waals surface area contributed by atoms with Crippen LogP contribution >= 0.6 is 0 Å². The van der Waals surface area contributed by atoms with Crippen LogP contribution in [-0.2, 0) is 13.0 Å². The van der Waals surface area contributed by atoms with Gasteiger partial charge in [-0.15, -0.1) is 0 Å². The lowest BCUT2D eigenvalue weighted by Crippen LogP contribution is -2.44. The van der Waals surface area contributed by atoms with E-state index in [4.69, 9.17) is 0 Å². The number of fused-ring (bicyclic) bond motifs is 3. The Morgan fingerprint density at radius 2 is 2.19 bits per heavy atom. The molecule has 8 nitrogen and oxygen atoms in total. The standard InChI is InChI=1S/C24H36N6O2/c1-3-4-5-6-9-17(2)25-16-18-14-23(29-28-18)27-24(31)26-21-11-7-12-22-20(21)15-19-10-8-13-30(19,22)32/h7,11-12,14,17,19,25H,3-6,8-10,13,15-16H2,1-2H3,(H3,26,27,28,29,31). The van der Waals surface area contributed by atoms with Crippen molar-refractivity contribution in [1.29, 1.82) is 0 Å². The third-order valence-electron chi connectivity index (χ3n) is 6.87. The summed E-state index contributed by atoms with van der Waals surface area (Å²) in [5, 5.41) is 29.6. The summed E-state index contributed by atoms with van der Waals surface area (Å²) < 4.78 is -0.237. The second kappa shape index (κ2) is 10.0. The number of quaternary nitrogens is 1. The summed E-state index contributed by atoms with van der Waals surface area (Å²) in [7, 11) is 0. The minimum absolute atomic E-state index is 0.0893. The Hall–Kier alpha value is -2.42. The van der Waals surface area contributed by atoms with Crippen molar-refractivity contribution >= 4 is 23.2 Å². The van der Waals surface area contributed by atoms with Crippen LogP contribution in [-0.4, -0.2) is 34.9 Å². The monoisotopic (exact) mass is 440 g/mol. The Morgan fingerprint density at radius 1 is 1.31 bits per heavy atom. The molecule has 2 aliphatic heterocycles. The number of nitrogens with one attached hydrogen (secondary N) is 4. The maximum Gasteiger partial charge on any atom is 0.324 e. The molecule has 174 valence electrons. The first kappa shape index (κ1) is 22.8. The van der Waals surface area contributed by atoms with Crippen molar-refractivity contribution in [3.8, 4) is 0 Å². The van der Waals surface area contributed by atoms with Gasteiger partial charge < -0.3 is 20.5 Å². The van der Waals surface area contributed by atoms with E-state index in [0.717, 1.165) is 48.3 Å². The average Bonchev–Trinajstić information content (AvgIpc) is 3.44. The summed E-state index contributed by atoms with van der Waals surface area (Å²) in [4.78, 5) is 12.6. The predicted molar refractivity (Wildman–Crippen MR) is 129 cm³/mol.